The molecule has 1 aliphatic heterocycles. The van der Waals surface area contributed by atoms with Gasteiger partial charge in [0.05, 0.1) is 5.56 Å². The molecule has 0 aliphatic carbocycles. The van der Waals surface area contributed by atoms with Crippen molar-refractivity contribution in [3.63, 3.8) is 0 Å². The fourth-order valence-corrected chi connectivity index (χ4v) is 4.68. The van der Waals surface area contributed by atoms with Crippen LogP contribution in [0.1, 0.15) is 39.1 Å². The smallest absolute Gasteiger partial charge is 0.338 e. The van der Waals surface area contributed by atoms with Gasteiger partial charge in [0.15, 0.2) is 6.10 Å². The van der Waals surface area contributed by atoms with E-state index in [2.05, 4.69) is 28.1 Å². The van der Waals surface area contributed by atoms with Crippen molar-refractivity contribution in [3.05, 3.63) is 75.2 Å². The van der Waals surface area contributed by atoms with Crippen LogP contribution in [0.2, 0.25) is 0 Å². The van der Waals surface area contributed by atoms with E-state index in [1.165, 1.54) is 10.4 Å². The molecule has 6 heteroatoms. The van der Waals surface area contributed by atoms with Crippen molar-refractivity contribution < 1.29 is 14.3 Å². The number of hydrogen-bond acceptors (Lipinski definition) is 4. The number of esters is 1. The van der Waals surface area contributed by atoms with Gasteiger partial charge < -0.3 is 14.2 Å². The molecule has 1 unspecified atom stereocenters. The van der Waals surface area contributed by atoms with Gasteiger partial charge in [-0.2, -0.15) is 0 Å². The highest BCUT2D eigenvalue weighted by Gasteiger charge is 2.27. The fourth-order valence-electron chi connectivity index (χ4n) is 3.79. The number of benzene rings is 1. The predicted octanol–water partition coefficient (Wildman–Crippen LogP) is 4.29. The van der Waals surface area contributed by atoms with E-state index in [4.69, 9.17) is 4.74 Å². The third-order valence-electron chi connectivity index (χ3n) is 5.38. The maximum Gasteiger partial charge on any atom is 0.338 e. The third-order valence-corrected chi connectivity index (χ3v) is 6.41. The highest BCUT2D eigenvalue weighted by atomic mass is 32.1. The van der Waals surface area contributed by atoms with Crippen molar-refractivity contribution in [1.29, 1.82) is 0 Å². The second kappa shape index (κ2) is 7.87. The van der Waals surface area contributed by atoms with Gasteiger partial charge in [0.2, 0.25) is 0 Å². The minimum Gasteiger partial charge on any atom is -0.449 e. The lowest BCUT2D eigenvalue weighted by molar-refractivity contribution is -0.140. The highest BCUT2D eigenvalue weighted by molar-refractivity contribution is 7.10. The Morgan fingerprint density at radius 2 is 1.72 bits per heavy atom. The summed E-state index contributed by atoms with van der Waals surface area (Å²) in [6, 6.07) is 13.5. The molecule has 1 amide bonds. The molecule has 0 saturated heterocycles. The number of ether oxygens (including phenoxy) is 1. The number of hydrogen-bond donors (Lipinski definition) is 0. The van der Waals surface area contributed by atoms with E-state index in [1.807, 2.05) is 26.0 Å². The summed E-state index contributed by atoms with van der Waals surface area (Å²) < 4.78 is 7.59. The average molecular weight is 409 g/mol. The Hall–Kier alpha value is -2.86. The van der Waals surface area contributed by atoms with Crippen molar-refractivity contribution in [2.45, 2.75) is 39.8 Å². The van der Waals surface area contributed by atoms with E-state index in [1.54, 1.807) is 35.3 Å². The summed E-state index contributed by atoms with van der Waals surface area (Å²) in [5.41, 5.74) is 4.89. The fraction of sp³-hybridized carbons (Fsp3) is 0.304. The number of aryl methyl sites for hydroxylation is 2. The van der Waals surface area contributed by atoms with Crippen LogP contribution in [0.25, 0.3) is 5.69 Å². The van der Waals surface area contributed by atoms with Gasteiger partial charge in [0, 0.05) is 35.0 Å². The van der Waals surface area contributed by atoms with E-state index in [0.717, 1.165) is 23.5 Å². The van der Waals surface area contributed by atoms with Crippen molar-refractivity contribution >= 4 is 23.2 Å². The molecule has 2 aromatic heterocycles. The molecule has 1 aliphatic rings. The van der Waals surface area contributed by atoms with Gasteiger partial charge in [-0.05, 0) is 80.6 Å². The zero-order valence-electron chi connectivity index (χ0n) is 16.8. The van der Waals surface area contributed by atoms with Crippen LogP contribution in [-0.4, -0.2) is 34.0 Å². The average Bonchev–Trinajstić information content (AvgIpc) is 3.32. The van der Waals surface area contributed by atoms with E-state index >= 15 is 0 Å². The summed E-state index contributed by atoms with van der Waals surface area (Å²) in [4.78, 5) is 28.4. The normalized spacial score (nSPS) is 14.4. The summed E-state index contributed by atoms with van der Waals surface area (Å²) in [5.74, 6) is -0.628. The van der Waals surface area contributed by atoms with E-state index in [-0.39, 0.29) is 5.91 Å². The number of aromatic nitrogens is 1. The first kappa shape index (κ1) is 19.5. The van der Waals surface area contributed by atoms with Crippen molar-refractivity contribution in [2.75, 3.05) is 6.54 Å². The monoisotopic (exact) mass is 408 g/mol. The van der Waals surface area contributed by atoms with Crippen LogP contribution >= 0.6 is 11.3 Å². The quantitative estimate of drug-likeness (QED) is 0.605. The Balaban J connectivity index is 1.40. The topological polar surface area (TPSA) is 51.5 Å². The molecule has 4 rings (SSSR count). The Kier molecular flexibility index (Phi) is 5.28. The molecule has 3 aromatic rings. The molecule has 0 bridgehead atoms. The van der Waals surface area contributed by atoms with Crippen molar-refractivity contribution in [3.8, 4) is 5.69 Å². The summed E-state index contributed by atoms with van der Waals surface area (Å²) in [6.45, 7) is 6.98. The number of fused-ring (bicyclic) bond motifs is 1. The largest absolute Gasteiger partial charge is 0.449 e. The molecular weight excluding hydrogens is 384 g/mol. The number of carbonyl (C=O) groups excluding carboxylic acids is 2. The first-order valence-electron chi connectivity index (χ1n) is 9.74. The standard InChI is InChI=1S/C23H24N2O3S/c1-15-4-5-16(2)25(15)20-8-6-18(7-9-20)23(27)28-17(3)22(26)24-12-10-21-19(14-24)11-13-29-21/h4-9,11,13,17H,10,12,14H2,1-3H3. The van der Waals surface area contributed by atoms with Crippen LogP contribution in [0, 0.1) is 13.8 Å². The summed E-state index contributed by atoms with van der Waals surface area (Å²) in [5, 5.41) is 2.06. The van der Waals surface area contributed by atoms with E-state index in [9.17, 15) is 9.59 Å². The molecule has 150 valence electrons. The minimum absolute atomic E-state index is 0.148. The van der Waals surface area contributed by atoms with Gasteiger partial charge in [-0.3, -0.25) is 4.79 Å². The zero-order chi connectivity index (χ0) is 20.5. The summed E-state index contributed by atoms with van der Waals surface area (Å²) >= 11 is 1.73. The molecular formula is C23H24N2O3S. The number of rotatable bonds is 4. The van der Waals surface area contributed by atoms with Gasteiger partial charge in [-0.15, -0.1) is 11.3 Å². The van der Waals surface area contributed by atoms with E-state index < -0.39 is 12.1 Å². The van der Waals surface area contributed by atoms with Crippen LogP contribution in [-0.2, 0) is 22.5 Å². The Labute approximate surface area is 174 Å². The third kappa shape index (κ3) is 3.85. The molecule has 0 spiro atoms. The van der Waals surface area contributed by atoms with Crippen molar-refractivity contribution in [1.82, 2.24) is 9.47 Å². The molecule has 3 heterocycles. The lowest BCUT2D eigenvalue weighted by Gasteiger charge is -2.29. The molecule has 1 atom stereocenters. The molecule has 0 saturated carbocycles. The number of amides is 1. The zero-order valence-corrected chi connectivity index (χ0v) is 17.7. The maximum atomic E-state index is 12.7. The molecule has 0 radical (unpaired) electrons. The van der Waals surface area contributed by atoms with Gasteiger partial charge in [0.1, 0.15) is 0 Å². The van der Waals surface area contributed by atoms with E-state index in [0.29, 0.717) is 18.7 Å². The van der Waals surface area contributed by atoms with Crippen LogP contribution in [0.3, 0.4) is 0 Å². The number of carbonyl (C=O) groups is 2. The molecule has 1 aromatic carbocycles. The summed E-state index contributed by atoms with van der Waals surface area (Å²) in [7, 11) is 0. The molecule has 5 nitrogen and oxygen atoms in total. The number of thiophene rings is 1. The van der Waals surface area contributed by atoms with Crippen LogP contribution in [0.4, 0.5) is 0 Å². The van der Waals surface area contributed by atoms with Crippen LogP contribution < -0.4 is 0 Å². The Bertz CT molecular complexity index is 1030. The van der Waals surface area contributed by atoms with Crippen molar-refractivity contribution in [2.24, 2.45) is 0 Å². The second-order valence-electron chi connectivity index (χ2n) is 7.42. The molecule has 29 heavy (non-hydrogen) atoms. The first-order chi connectivity index (χ1) is 13.9. The SMILES string of the molecule is Cc1ccc(C)n1-c1ccc(C(=O)OC(C)C(=O)N2CCc3sccc3C2)cc1. The van der Waals surface area contributed by atoms with Crippen LogP contribution in [0.15, 0.2) is 47.8 Å². The lowest BCUT2D eigenvalue weighted by Crippen LogP contribution is -2.42. The first-order valence-corrected chi connectivity index (χ1v) is 10.6. The van der Waals surface area contributed by atoms with Gasteiger partial charge in [-0.25, -0.2) is 4.79 Å². The number of nitrogens with zero attached hydrogens (tertiary/aromatic N) is 2. The van der Waals surface area contributed by atoms with Gasteiger partial charge in [0.25, 0.3) is 5.91 Å². The lowest BCUT2D eigenvalue weighted by atomic mass is 10.1. The second-order valence-corrected chi connectivity index (χ2v) is 8.43. The highest BCUT2D eigenvalue weighted by Crippen LogP contribution is 2.25. The minimum atomic E-state index is -0.809. The molecule has 0 N–H and O–H groups in total. The summed E-state index contributed by atoms with van der Waals surface area (Å²) in [6.07, 6.45) is 0.0512. The Morgan fingerprint density at radius 1 is 1.03 bits per heavy atom. The molecule has 0 fully saturated rings. The van der Waals surface area contributed by atoms with Gasteiger partial charge >= 0.3 is 5.97 Å². The van der Waals surface area contributed by atoms with Gasteiger partial charge in [-0.1, -0.05) is 0 Å². The maximum absolute atomic E-state index is 12.7. The predicted molar refractivity (Wildman–Crippen MR) is 114 cm³/mol. The Morgan fingerprint density at radius 3 is 2.41 bits per heavy atom. The van der Waals surface area contributed by atoms with Crippen LogP contribution in [0.5, 0.6) is 0 Å².